The molecule has 2 rings (SSSR count). The number of rotatable bonds is 1. The average molecular weight is 180 g/mol. The van der Waals surface area contributed by atoms with E-state index in [0.29, 0.717) is 5.65 Å². The minimum atomic E-state index is -1.64. The van der Waals surface area contributed by atoms with E-state index in [0.717, 1.165) is 6.20 Å². The highest BCUT2D eigenvalue weighted by Gasteiger charge is 2.16. The smallest absolute Gasteiger partial charge is 0.422 e. The maximum absolute atomic E-state index is 12.7. The van der Waals surface area contributed by atoms with Crippen molar-refractivity contribution in [3.05, 3.63) is 30.3 Å². The van der Waals surface area contributed by atoms with Gasteiger partial charge in [-0.15, -0.1) is 0 Å². The number of imidazole rings is 1. The van der Waals surface area contributed by atoms with Crippen molar-refractivity contribution in [3.63, 3.8) is 0 Å². The Labute approximate surface area is 73.4 Å². The van der Waals surface area contributed by atoms with E-state index in [1.165, 1.54) is 22.7 Å². The lowest BCUT2D eigenvalue weighted by molar-refractivity contribution is 0.424. The summed E-state index contributed by atoms with van der Waals surface area (Å²) in [5, 5.41) is 17.7. The second-order valence-corrected chi connectivity index (χ2v) is 2.63. The van der Waals surface area contributed by atoms with Crippen molar-refractivity contribution >= 4 is 18.4 Å². The Kier molecular flexibility index (Phi) is 1.79. The van der Waals surface area contributed by atoms with Crippen molar-refractivity contribution in [3.8, 4) is 0 Å². The summed E-state index contributed by atoms with van der Waals surface area (Å²) in [6.07, 6.45) is 2.44. The van der Waals surface area contributed by atoms with Crippen molar-refractivity contribution < 1.29 is 14.4 Å². The zero-order chi connectivity index (χ0) is 9.42. The molecule has 0 spiro atoms. The summed E-state index contributed by atoms with van der Waals surface area (Å²) >= 11 is 0. The fourth-order valence-electron chi connectivity index (χ4n) is 1.16. The highest BCUT2D eigenvalue weighted by atomic mass is 19.1. The molecule has 13 heavy (non-hydrogen) atoms. The van der Waals surface area contributed by atoms with Gasteiger partial charge < -0.3 is 14.4 Å². The summed E-state index contributed by atoms with van der Waals surface area (Å²) in [7, 11) is -1.64. The van der Waals surface area contributed by atoms with E-state index in [2.05, 4.69) is 4.98 Å². The highest BCUT2D eigenvalue weighted by molar-refractivity contribution is 6.57. The van der Waals surface area contributed by atoms with Crippen LogP contribution in [0.1, 0.15) is 0 Å². The fraction of sp³-hybridized carbons (Fsp3) is 0. The van der Waals surface area contributed by atoms with Crippen molar-refractivity contribution in [2.75, 3.05) is 0 Å². The van der Waals surface area contributed by atoms with Gasteiger partial charge in [0.15, 0.2) is 0 Å². The number of nitrogens with zero attached hydrogens (tertiary/aromatic N) is 2. The third kappa shape index (κ3) is 1.30. The molecule has 0 saturated heterocycles. The predicted molar refractivity (Wildman–Crippen MR) is 45.0 cm³/mol. The van der Waals surface area contributed by atoms with Gasteiger partial charge in [0.2, 0.25) is 0 Å². The lowest BCUT2D eigenvalue weighted by Crippen LogP contribution is -2.33. The number of hydrogen-bond acceptors (Lipinski definition) is 3. The first-order chi connectivity index (χ1) is 6.18. The normalized spacial score (nSPS) is 10.7. The number of halogens is 1. The molecule has 2 aromatic rings. The largest absolute Gasteiger partial charge is 0.508 e. The SMILES string of the molecule is OB(O)c1cnc2ccc(F)cn12. The predicted octanol–water partition coefficient (Wildman–Crippen LogP) is -0.847. The van der Waals surface area contributed by atoms with E-state index in [9.17, 15) is 4.39 Å². The summed E-state index contributed by atoms with van der Waals surface area (Å²) in [4.78, 5) is 3.86. The van der Waals surface area contributed by atoms with Crippen LogP contribution in [0.4, 0.5) is 4.39 Å². The minimum Gasteiger partial charge on any atom is -0.422 e. The lowest BCUT2D eigenvalue weighted by atomic mass is 9.87. The Bertz CT molecular complexity index is 443. The first-order valence-electron chi connectivity index (χ1n) is 3.67. The molecule has 0 fully saturated rings. The van der Waals surface area contributed by atoms with E-state index in [1.807, 2.05) is 0 Å². The zero-order valence-corrected chi connectivity index (χ0v) is 6.55. The van der Waals surface area contributed by atoms with Crippen LogP contribution in [0.3, 0.4) is 0 Å². The molecule has 0 aliphatic carbocycles. The second-order valence-electron chi connectivity index (χ2n) is 2.63. The van der Waals surface area contributed by atoms with Crippen molar-refractivity contribution in [2.24, 2.45) is 0 Å². The number of pyridine rings is 1. The summed E-state index contributed by atoms with van der Waals surface area (Å²) in [5.74, 6) is -0.451. The van der Waals surface area contributed by atoms with Crippen LogP contribution < -0.4 is 5.59 Å². The van der Waals surface area contributed by atoms with E-state index in [1.54, 1.807) is 0 Å². The van der Waals surface area contributed by atoms with Crippen LogP contribution in [0.25, 0.3) is 5.65 Å². The van der Waals surface area contributed by atoms with Gasteiger partial charge in [-0.05, 0) is 12.1 Å². The van der Waals surface area contributed by atoms with Gasteiger partial charge in [-0.3, -0.25) is 0 Å². The lowest BCUT2D eigenvalue weighted by Gasteiger charge is -1.98. The second kappa shape index (κ2) is 2.83. The molecule has 6 heteroatoms. The summed E-state index contributed by atoms with van der Waals surface area (Å²) in [6, 6.07) is 2.72. The Balaban J connectivity index is 2.71. The molecular weight excluding hydrogens is 174 g/mol. The molecule has 0 aliphatic rings. The van der Waals surface area contributed by atoms with Crippen molar-refractivity contribution in [1.82, 2.24) is 9.38 Å². The molecule has 66 valence electrons. The Hall–Kier alpha value is -1.40. The molecule has 2 aromatic heterocycles. The zero-order valence-electron chi connectivity index (χ0n) is 6.55. The first kappa shape index (κ1) is 8.21. The Morgan fingerprint density at radius 2 is 2.15 bits per heavy atom. The van der Waals surface area contributed by atoms with Gasteiger partial charge in [-0.1, -0.05) is 0 Å². The van der Waals surface area contributed by atoms with Gasteiger partial charge in [-0.25, -0.2) is 9.37 Å². The summed E-state index contributed by atoms with van der Waals surface area (Å²) in [6.45, 7) is 0. The molecule has 0 aromatic carbocycles. The molecule has 0 saturated carbocycles. The summed E-state index contributed by atoms with van der Waals surface area (Å²) in [5.41, 5.74) is 0.624. The third-order valence-corrected chi connectivity index (χ3v) is 1.76. The van der Waals surface area contributed by atoms with Gasteiger partial charge in [0, 0.05) is 12.4 Å². The average Bonchev–Trinajstić information content (AvgIpc) is 2.46. The Morgan fingerprint density at radius 1 is 1.38 bits per heavy atom. The maximum Gasteiger partial charge on any atom is 0.508 e. The topological polar surface area (TPSA) is 57.8 Å². The fourth-order valence-corrected chi connectivity index (χ4v) is 1.16. The van der Waals surface area contributed by atoms with Crippen molar-refractivity contribution in [2.45, 2.75) is 0 Å². The molecule has 0 atom stereocenters. The van der Waals surface area contributed by atoms with Gasteiger partial charge in [0.25, 0.3) is 0 Å². The highest BCUT2D eigenvalue weighted by Crippen LogP contribution is 2.01. The van der Waals surface area contributed by atoms with Gasteiger partial charge in [0.1, 0.15) is 11.5 Å². The van der Waals surface area contributed by atoms with Crippen LogP contribution in [0.15, 0.2) is 24.5 Å². The number of hydrogen-bond donors (Lipinski definition) is 2. The van der Waals surface area contributed by atoms with Crippen LogP contribution in [0, 0.1) is 5.82 Å². The molecule has 0 radical (unpaired) electrons. The van der Waals surface area contributed by atoms with Crippen LogP contribution in [-0.2, 0) is 0 Å². The van der Waals surface area contributed by atoms with Gasteiger partial charge in [0.05, 0.1) is 5.59 Å². The van der Waals surface area contributed by atoms with Crippen LogP contribution in [0.5, 0.6) is 0 Å². The van der Waals surface area contributed by atoms with Crippen LogP contribution in [0.2, 0.25) is 0 Å². The monoisotopic (exact) mass is 180 g/mol. The van der Waals surface area contributed by atoms with Gasteiger partial charge in [-0.2, -0.15) is 0 Å². The Morgan fingerprint density at radius 3 is 2.85 bits per heavy atom. The molecule has 2 N–H and O–H groups in total. The summed E-state index contributed by atoms with van der Waals surface area (Å²) < 4.78 is 14.0. The third-order valence-electron chi connectivity index (χ3n) is 1.76. The van der Waals surface area contributed by atoms with E-state index < -0.39 is 12.9 Å². The van der Waals surface area contributed by atoms with E-state index in [-0.39, 0.29) is 5.59 Å². The molecule has 0 bridgehead atoms. The van der Waals surface area contributed by atoms with Crippen LogP contribution >= 0.6 is 0 Å². The molecular formula is C7H6BFN2O2. The van der Waals surface area contributed by atoms with Crippen LogP contribution in [-0.4, -0.2) is 26.6 Å². The molecule has 2 heterocycles. The quantitative estimate of drug-likeness (QED) is 0.562. The van der Waals surface area contributed by atoms with Crippen molar-refractivity contribution in [1.29, 1.82) is 0 Å². The molecule has 0 aliphatic heterocycles. The maximum atomic E-state index is 12.7. The minimum absolute atomic E-state index is 0.148. The van der Waals surface area contributed by atoms with E-state index in [4.69, 9.17) is 10.0 Å². The van der Waals surface area contributed by atoms with E-state index >= 15 is 0 Å². The first-order valence-corrected chi connectivity index (χ1v) is 3.67. The number of fused-ring (bicyclic) bond motifs is 1. The number of aromatic nitrogens is 2. The molecule has 4 nitrogen and oxygen atoms in total. The standard InChI is InChI=1S/C7H6BFN2O2/c9-5-1-2-7-10-3-6(8(12)13)11(7)4-5/h1-4,12-13H. The van der Waals surface area contributed by atoms with Gasteiger partial charge >= 0.3 is 7.12 Å². The molecule has 0 unspecified atom stereocenters. The molecule has 0 amide bonds.